The van der Waals surface area contributed by atoms with Gasteiger partial charge in [-0.15, -0.1) is 0 Å². The smallest absolute Gasteiger partial charge is 0.307 e. The first-order valence-corrected chi connectivity index (χ1v) is 5.07. The molecule has 0 spiro atoms. The van der Waals surface area contributed by atoms with Gasteiger partial charge in [0.05, 0.1) is 18.6 Å². The van der Waals surface area contributed by atoms with Crippen molar-refractivity contribution in [2.24, 2.45) is 17.3 Å². The largest absolute Gasteiger partial charge is 0.486 e. The van der Waals surface area contributed by atoms with E-state index in [4.69, 9.17) is 16.7 Å². The summed E-state index contributed by atoms with van der Waals surface area (Å²) in [6.07, 6.45) is -2.80. The first-order chi connectivity index (χ1) is 7.25. The van der Waals surface area contributed by atoms with Crippen molar-refractivity contribution in [3.05, 3.63) is 10.8 Å². The molecule has 0 heterocycles. The lowest BCUT2D eigenvalue weighted by atomic mass is 10.0. The molecule has 1 rings (SSSR count). The summed E-state index contributed by atoms with van der Waals surface area (Å²) in [5.41, 5.74) is -1.13. The Labute approximate surface area is 97.0 Å². The highest BCUT2D eigenvalue weighted by Crippen LogP contribution is 2.63. The molecule has 0 aromatic heterocycles. The Bertz CT molecular complexity index is 339. The van der Waals surface area contributed by atoms with Crippen LogP contribution in [0.1, 0.15) is 13.8 Å². The van der Waals surface area contributed by atoms with Gasteiger partial charge in [0.2, 0.25) is 0 Å². The Morgan fingerprint density at radius 1 is 1.44 bits per heavy atom. The third-order valence-electron chi connectivity index (χ3n) is 3.07. The third-order valence-corrected chi connectivity index (χ3v) is 3.44. The van der Waals surface area contributed by atoms with Crippen molar-refractivity contribution < 1.29 is 23.4 Å². The quantitative estimate of drug-likeness (QED) is 0.785. The van der Waals surface area contributed by atoms with Gasteiger partial charge in [-0.25, -0.2) is 8.78 Å². The maximum Gasteiger partial charge on any atom is 0.307 e. The highest BCUT2D eigenvalue weighted by atomic mass is 35.5. The molecule has 1 N–H and O–H groups in total. The number of carboxylic acid groups (broad SMARTS) is 1. The number of rotatable bonds is 4. The fraction of sp³-hybridized carbons (Fsp3) is 0.700. The first kappa shape index (κ1) is 13.2. The fourth-order valence-corrected chi connectivity index (χ4v) is 2.34. The van der Waals surface area contributed by atoms with Gasteiger partial charge >= 0.3 is 5.97 Å². The number of alkyl halides is 2. The Morgan fingerprint density at radius 2 is 1.94 bits per heavy atom. The molecule has 16 heavy (non-hydrogen) atoms. The molecule has 0 aliphatic heterocycles. The normalized spacial score (nSPS) is 28.7. The second-order valence-corrected chi connectivity index (χ2v) is 4.69. The van der Waals surface area contributed by atoms with E-state index in [1.54, 1.807) is 13.8 Å². The van der Waals surface area contributed by atoms with Crippen molar-refractivity contribution >= 4 is 17.6 Å². The average molecular weight is 255 g/mol. The molecule has 0 aromatic rings. The maximum atomic E-state index is 12.8. The molecular formula is C10H13ClF2O3. The zero-order valence-electron chi connectivity index (χ0n) is 9.13. The van der Waals surface area contributed by atoms with Crippen LogP contribution in [0.15, 0.2) is 10.8 Å². The van der Waals surface area contributed by atoms with E-state index < -0.39 is 40.4 Å². The Morgan fingerprint density at radius 3 is 2.19 bits per heavy atom. The summed E-state index contributed by atoms with van der Waals surface area (Å²) in [5, 5.41) is 8.49. The number of hydrogen-bond acceptors (Lipinski definition) is 2. The SMILES string of the molecule is COC(Cl)=C(C(F)F)C1C(C(=O)O)C1(C)C. The van der Waals surface area contributed by atoms with Crippen molar-refractivity contribution in [2.45, 2.75) is 20.3 Å². The first-order valence-electron chi connectivity index (χ1n) is 4.69. The van der Waals surface area contributed by atoms with Crippen LogP contribution in [0.2, 0.25) is 0 Å². The standard InChI is InChI=1S/C10H13ClF2O3/c1-10(2)5(6(10)9(14)15)4(8(12)13)7(11)16-3/h5-6,8H,1-3H3,(H,14,15). The number of aliphatic carboxylic acids is 1. The van der Waals surface area contributed by atoms with Crippen LogP contribution in [0.5, 0.6) is 0 Å². The van der Waals surface area contributed by atoms with Crippen LogP contribution in [0.25, 0.3) is 0 Å². The summed E-state index contributed by atoms with van der Waals surface area (Å²) in [4.78, 5) is 10.9. The fourth-order valence-electron chi connectivity index (χ4n) is 2.14. The molecule has 92 valence electrons. The monoisotopic (exact) mass is 254 g/mol. The summed E-state index contributed by atoms with van der Waals surface area (Å²) >= 11 is 5.54. The summed E-state index contributed by atoms with van der Waals surface area (Å²) in [7, 11) is 1.18. The predicted molar refractivity (Wildman–Crippen MR) is 54.3 cm³/mol. The molecule has 0 saturated heterocycles. The van der Waals surface area contributed by atoms with Gasteiger partial charge in [0.25, 0.3) is 6.43 Å². The molecule has 6 heteroatoms. The van der Waals surface area contributed by atoms with Crippen LogP contribution < -0.4 is 0 Å². The summed E-state index contributed by atoms with van der Waals surface area (Å²) in [6, 6.07) is 0. The lowest BCUT2D eigenvalue weighted by molar-refractivity contribution is -0.139. The molecule has 1 saturated carbocycles. The second kappa shape index (κ2) is 4.20. The average Bonchev–Trinajstić information content (AvgIpc) is 2.68. The van der Waals surface area contributed by atoms with Gasteiger partial charge in [0, 0.05) is 5.92 Å². The van der Waals surface area contributed by atoms with Gasteiger partial charge in [0.15, 0.2) is 5.22 Å². The number of carbonyl (C=O) groups is 1. The van der Waals surface area contributed by atoms with Crippen LogP contribution in [0, 0.1) is 17.3 Å². The Hall–Kier alpha value is -0.840. The van der Waals surface area contributed by atoms with Crippen molar-refractivity contribution in [1.82, 2.24) is 0 Å². The van der Waals surface area contributed by atoms with Crippen LogP contribution >= 0.6 is 11.6 Å². The van der Waals surface area contributed by atoms with Crippen molar-refractivity contribution in [3.63, 3.8) is 0 Å². The molecule has 1 aliphatic rings. The number of methoxy groups -OCH3 is 1. The van der Waals surface area contributed by atoms with Crippen LogP contribution in [-0.4, -0.2) is 24.6 Å². The van der Waals surface area contributed by atoms with Gasteiger partial charge in [-0.1, -0.05) is 13.8 Å². The molecule has 0 bridgehead atoms. The summed E-state index contributed by atoms with van der Waals surface area (Å²) < 4.78 is 30.2. The molecule has 1 fully saturated rings. The van der Waals surface area contributed by atoms with Crippen LogP contribution in [-0.2, 0) is 9.53 Å². The molecule has 1 aliphatic carbocycles. The Kier molecular flexibility index (Phi) is 3.47. The summed E-state index contributed by atoms with van der Waals surface area (Å²) in [5.74, 6) is -2.69. The van der Waals surface area contributed by atoms with Gasteiger partial charge in [-0.05, 0) is 17.0 Å². The van der Waals surface area contributed by atoms with E-state index in [9.17, 15) is 13.6 Å². The number of carboxylic acids is 1. The predicted octanol–water partition coefficient (Wildman–Crippen LogP) is 2.71. The van der Waals surface area contributed by atoms with E-state index in [1.165, 1.54) is 7.11 Å². The number of hydrogen-bond donors (Lipinski definition) is 1. The van der Waals surface area contributed by atoms with Gasteiger partial charge in [0.1, 0.15) is 0 Å². The van der Waals surface area contributed by atoms with E-state index >= 15 is 0 Å². The molecule has 0 aromatic carbocycles. The van der Waals surface area contributed by atoms with E-state index in [-0.39, 0.29) is 0 Å². The number of ether oxygens (including phenoxy) is 1. The summed E-state index contributed by atoms with van der Waals surface area (Å²) in [6.45, 7) is 3.25. The van der Waals surface area contributed by atoms with Crippen molar-refractivity contribution in [1.29, 1.82) is 0 Å². The lowest BCUT2D eigenvalue weighted by Crippen LogP contribution is -2.08. The zero-order valence-corrected chi connectivity index (χ0v) is 9.89. The van der Waals surface area contributed by atoms with Gasteiger partial charge in [-0.3, -0.25) is 4.79 Å². The lowest BCUT2D eigenvalue weighted by Gasteiger charge is -2.09. The molecule has 3 nitrogen and oxygen atoms in total. The van der Waals surface area contributed by atoms with Crippen molar-refractivity contribution in [2.75, 3.05) is 7.11 Å². The van der Waals surface area contributed by atoms with Crippen molar-refractivity contribution in [3.8, 4) is 0 Å². The number of halogens is 3. The van der Waals surface area contributed by atoms with Gasteiger partial charge in [-0.2, -0.15) is 0 Å². The third kappa shape index (κ3) is 2.00. The minimum atomic E-state index is -2.80. The van der Waals surface area contributed by atoms with Gasteiger partial charge < -0.3 is 9.84 Å². The van der Waals surface area contributed by atoms with E-state index in [0.717, 1.165) is 0 Å². The topological polar surface area (TPSA) is 46.5 Å². The second-order valence-electron chi connectivity index (χ2n) is 4.35. The molecule has 2 atom stereocenters. The molecule has 0 radical (unpaired) electrons. The van der Waals surface area contributed by atoms with Crippen LogP contribution in [0.4, 0.5) is 8.78 Å². The van der Waals surface area contributed by atoms with E-state index in [2.05, 4.69) is 4.74 Å². The maximum absolute atomic E-state index is 12.8. The highest BCUT2D eigenvalue weighted by Gasteiger charge is 2.65. The minimum Gasteiger partial charge on any atom is -0.486 e. The Balaban J connectivity index is 3.06. The molecule has 0 amide bonds. The van der Waals surface area contributed by atoms with E-state index in [0.29, 0.717) is 0 Å². The highest BCUT2D eigenvalue weighted by molar-refractivity contribution is 6.28. The number of allylic oxidation sites excluding steroid dienone is 1. The zero-order chi connectivity index (χ0) is 12.7. The molecule has 2 unspecified atom stereocenters. The van der Waals surface area contributed by atoms with Crippen LogP contribution in [0.3, 0.4) is 0 Å². The van der Waals surface area contributed by atoms with E-state index in [1.807, 2.05) is 0 Å². The molecular weight excluding hydrogens is 242 g/mol. The minimum absolute atomic E-state index is 0.406.